The van der Waals surface area contributed by atoms with Gasteiger partial charge in [-0.1, -0.05) is 25.7 Å². The third-order valence-electron chi connectivity index (χ3n) is 3.25. The number of amides is 1. The van der Waals surface area contributed by atoms with Gasteiger partial charge in [-0.3, -0.25) is 4.79 Å². The molecule has 1 fully saturated rings. The van der Waals surface area contributed by atoms with Gasteiger partial charge in [0.1, 0.15) is 0 Å². The predicted octanol–water partition coefficient (Wildman–Crippen LogP) is 0.661. The van der Waals surface area contributed by atoms with Crippen molar-refractivity contribution in [2.75, 3.05) is 5.32 Å². The first-order valence-corrected chi connectivity index (χ1v) is 6.08. The number of hydrogen-bond acceptors (Lipinski definition) is 4. The van der Waals surface area contributed by atoms with Gasteiger partial charge in [0, 0.05) is 7.05 Å². The van der Waals surface area contributed by atoms with E-state index in [1.54, 1.807) is 7.05 Å². The molecule has 17 heavy (non-hydrogen) atoms. The van der Waals surface area contributed by atoms with Gasteiger partial charge in [-0.25, -0.2) is 0 Å². The summed E-state index contributed by atoms with van der Waals surface area (Å²) >= 11 is 0. The van der Waals surface area contributed by atoms with Crippen LogP contribution < -0.4 is 11.1 Å². The van der Waals surface area contributed by atoms with Gasteiger partial charge < -0.3 is 11.1 Å². The van der Waals surface area contributed by atoms with Crippen molar-refractivity contribution in [1.82, 2.24) is 15.0 Å². The molecule has 1 aromatic rings. The van der Waals surface area contributed by atoms with Crippen LogP contribution in [0.15, 0.2) is 6.20 Å². The van der Waals surface area contributed by atoms with Gasteiger partial charge in [-0.15, -0.1) is 5.10 Å². The fourth-order valence-electron chi connectivity index (χ4n) is 2.33. The van der Waals surface area contributed by atoms with E-state index in [1.165, 1.54) is 36.7 Å². The number of nitrogens with zero attached hydrogens (tertiary/aromatic N) is 3. The van der Waals surface area contributed by atoms with Crippen LogP contribution in [-0.2, 0) is 11.8 Å². The van der Waals surface area contributed by atoms with E-state index in [0.29, 0.717) is 11.7 Å². The minimum Gasteiger partial charge on any atom is -0.320 e. The fraction of sp³-hybridized carbons (Fsp3) is 0.727. The Morgan fingerprint density at radius 1 is 1.65 bits per heavy atom. The minimum absolute atomic E-state index is 0.169. The van der Waals surface area contributed by atoms with E-state index in [9.17, 15) is 4.79 Å². The first kappa shape index (κ1) is 12.0. The number of carbonyl (C=O) groups is 1. The van der Waals surface area contributed by atoms with Crippen molar-refractivity contribution >= 4 is 11.7 Å². The monoisotopic (exact) mass is 237 g/mol. The maximum absolute atomic E-state index is 11.8. The van der Waals surface area contributed by atoms with Crippen LogP contribution in [0.3, 0.4) is 0 Å². The Bertz CT molecular complexity index is 383. The molecule has 1 amide bonds. The summed E-state index contributed by atoms with van der Waals surface area (Å²) in [4.78, 5) is 13.2. The lowest BCUT2D eigenvalue weighted by atomic mass is 9.98. The van der Waals surface area contributed by atoms with Crippen LogP contribution in [0, 0.1) is 5.92 Å². The normalized spacial score (nSPS) is 18.2. The predicted molar refractivity (Wildman–Crippen MR) is 64.2 cm³/mol. The highest BCUT2D eigenvalue weighted by Crippen LogP contribution is 2.28. The molecule has 0 aromatic carbocycles. The molecule has 0 spiro atoms. The zero-order valence-corrected chi connectivity index (χ0v) is 10.1. The highest BCUT2D eigenvalue weighted by molar-refractivity contribution is 5.93. The van der Waals surface area contributed by atoms with Gasteiger partial charge in [0.15, 0.2) is 5.82 Å². The summed E-state index contributed by atoms with van der Waals surface area (Å²) in [5.41, 5.74) is 5.88. The van der Waals surface area contributed by atoms with Gasteiger partial charge in [-0.2, -0.15) is 9.90 Å². The number of nitrogens with two attached hydrogens (primary N) is 1. The second kappa shape index (κ2) is 5.27. The van der Waals surface area contributed by atoms with Gasteiger partial charge >= 0.3 is 0 Å². The average molecular weight is 237 g/mol. The number of nitrogens with one attached hydrogen (secondary N) is 1. The molecule has 1 saturated carbocycles. The summed E-state index contributed by atoms with van der Waals surface area (Å²) in [6.45, 7) is 0. The summed E-state index contributed by atoms with van der Waals surface area (Å²) in [6.07, 6.45) is 7.22. The fourth-order valence-corrected chi connectivity index (χ4v) is 2.33. The lowest BCUT2D eigenvalue weighted by Gasteiger charge is -2.14. The van der Waals surface area contributed by atoms with E-state index in [-0.39, 0.29) is 5.91 Å². The largest absolute Gasteiger partial charge is 0.320 e. The summed E-state index contributed by atoms with van der Waals surface area (Å²) in [6, 6.07) is -0.444. The highest BCUT2D eigenvalue weighted by Gasteiger charge is 2.22. The molecule has 1 heterocycles. The van der Waals surface area contributed by atoms with Gasteiger partial charge in [-0.05, 0) is 12.3 Å². The van der Waals surface area contributed by atoms with Crippen molar-refractivity contribution in [2.24, 2.45) is 18.7 Å². The maximum Gasteiger partial charge on any atom is 0.242 e. The molecule has 1 aliphatic carbocycles. The maximum atomic E-state index is 11.8. The topological polar surface area (TPSA) is 85.8 Å². The summed E-state index contributed by atoms with van der Waals surface area (Å²) < 4.78 is 0. The van der Waals surface area contributed by atoms with Crippen LogP contribution in [0.2, 0.25) is 0 Å². The first-order valence-electron chi connectivity index (χ1n) is 6.08. The lowest BCUT2D eigenvalue weighted by Crippen LogP contribution is -2.37. The first-order chi connectivity index (χ1) is 8.15. The SMILES string of the molecule is Cn1ncc(NC(=O)[C@@H](N)CC2CCCC2)n1. The molecule has 3 N–H and O–H groups in total. The molecule has 94 valence electrons. The van der Waals surface area contributed by atoms with E-state index >= 15 is 0 Å². The Morgan fingerprint density at radius 2 is 2.35 bits per heavy atom. The number of aryl methyl sites for hydroxylation is 1. The molecule has 0 aliphatic heterocycles. The van der Waals surface area contributed by atoms with E-state index < -0.39 is 6.04 Å². The molecular weight excluding hydrogens is 218 g/mol. The van der Waals surface area contributed by atoms with Crippen LogP contribution in [0.1, 0.15) is 32.1 Å². The minimum atomic E-state index is -0.444. The van der Waals surface area contributed by atoms with Crippen LogP contribution in [0.25, 0.3) is 0 Å². The molecule has 0 bridgehead atoms. The summed E-state index contributed by atoms with van der Waals surface area (Å²) in [5, 5.41) is 10.5. The van der Waals surface area contributed by atoms with Crippen LogP contribution in [-0.4, -0.2) is 26.9 Å². The van der Waals surface area contributed by atoms with Crippen LogP contribution >= 0.6 is 0 Å². The van der Waals surface area contributed by atoms with E-state index in [2.05, 4.69) is 15.5 Å². The van der Waals surface area contributed by atoms with Crippen molar-refractivity contribution in [3.63, 3.8) is 0 Å². The number of anilines is 1. The highest BCUT2D eigenvalue weighted by atomic mass is 16.2. The standard InChI is InChI=1S/C11H19N5O/c1-16-13-7-10(15-16)14-11(17)9(12)6-8-4-2-3-5-8/h7-9H,2-6,12H2,1H3,(H,14,15,17)/t9-/m0/s1. The number of carbonyl (C=O) groups excluding carboxylic acids is 1. The van der Waals surface area contributed by atoms with Gasteiger partial charge in [0.2, 0.25) is 5.91 Å². The average Bonchev–Trinajstić information content (AvgIpc) is 2.90. The molecule has 0 saturated heterocycles. The second-order valence-electron chi connectivity index (χ2n) is 4.70. The quantitative estimate of drug-likeness (QED) is 0.805. The van der Waals surface area contributed by atoms with Crippen LogP contribution in [0.4, 0.5) is 5.82 Å². The van der Waals surface area contributed by atoms with Crippen molar-refractivity contribution in [3.05, 3.63) is 6.20 Å². The molecule has 1 atom stereocenters. The Morgan fingerprint density at radius 3 is 2.94 bits per heavy atom. The molecular formula is C11H19N5O. The second-order valence-corrected chi connectivity index (χ2v) is 4.70. The lowest BCUT2D eigenvalue weighted by molar-refractivity contribution is -0.117. The molecule has 0 radical (unpaired) electrons. The van der Waals surface area contributed by atoms with Crippen LogP contribution in [0.5, 0.6) is 0 Å². The van der Waals surface area contributed by atoms with Gasteiger partial charge in [0.05, 0.1) is 12.2 Å². The number of aromatic nitrogens is 3. The summed E-state index contributed by atoms with van der Waals surface area (Å²) in [7, 11) is 1.70. The van der Waals surface area contributed by atoms with E-state index in [1.807, 2.05) is 0 Å². The van der Waals surface area contributed by atoms with E-state index in [4.69, 9.17) is 5.73 Å². The van der Waals surface area contributed by atoms with Crippen molar-refractivity contribution in [2.45, 2.75) is 38.1 Å². The zero-order valence-electron chi connectivity index (χ0n) is 10.1. The Balaban J connectivity index is 1.82. The molecule has 0 unspecified atom stereocenters. The zero-order chi connectivity index (χ0) is 12.3. The van der Waals surface area contributed by atoms with Crippen molar-refractivity contribution in [3.8, 4) is 0 Å². The molecule has 6 nitrogen and oxygen atoms in total. The van der Waals surface area contributed by atoms with Crippen molar-refractivity contribution in [1.29, 1.82) is 0 Å². The number of hydrogen-bond donors (Lipinski definition) is 2. The van der Waals surface area contributed by atoms with Crippen molar-refractivity contribution < 1.29 is 4.79 Å². The summed E-state index contributed by atoms with van der Waals surface area (Å²) in [5.74, 6) is 0.898. The Hall–Kier alpha value is -1.43. The molecule has 1 aromatic heterocycles. The van der Waals surface area contributed by atoms with E-state index in [0.717, 1.165) is 6.42 Å². The third-order valence-corrected chi connectivity index (χ3v) is 3.25. The number of rotatable bonds is 4. The smallest absolute Gasteiger partial charge is 0.242 e. The third kappa shape index (κ3) is 3.26. The Kier molecular flexibility index (Phi) is 3.73. The molecule has 6 heteroatoms. The Labute approximate surface area is 101 Å². The van der Waals surface area contributed by atoms with Gasteiger partial charge in [0.25, 0.3) is 0 Å². The molecule has 1 aliphatic rings. The molecule has 2 rings (SSSR count).